The summed E-state index contributed by atoms with van der Waals surface area (Å²) in [6.45, 7) is 21.2. The molecule has 0 radical (unpaired) electrons. The van der Waals surface area contributed by atoms with Gasteiger partial charge in [0.2, 0.25) is 0 Å². The van der Waals surface area contributed by atoms with Crippen molar-refractivity contribution in [2.45, 2.75) is 54.5 Å². The number of nitrogens with zero attached hydrogens (tertiary/aromatic N) is 1. The van der Waals surface area contributed by atoms with E-state index >= 15 is 0 Å². The van der Waals surface area contributed by atoms with Crippen LogP contribution < -0.4 is 5.32 Å². The fourth-order valence-electron chi connectivity index (χ4n) is 2.29. The van der Waals surface area contributed by atoms with Crippen LogP contribution in [0.1, 0.15) is 48.5 Å². The molecule has 17 heavy (non-hydrogen) atoms. The maximum absolute atomic E-state index is 3.66. The molecule has 1 atom stereocenters. The predicted octanol–water partition coefficient (Wildman–Crippen LogP) is 2.99. The van der Waals surface area contributed by atoms with Crippen molar-refractivity contribution in [2.75, 3.05) is 26.2 Å². The monoisotopic (exact) mass is 240 g/mol. The second-order valence-electron chi connectivity index (χ2n) is 7.75. The zero-order valence-electron chi connectivity index (χ0n) is 12.9. The molecule has 2 heteroatoms. The molecule has 102 valence electrons. The predicted molar refractivity (Wildman–Crippen MR) is 76.3 cm³/mol. The van der Waals surface area contributed by atoms with E-state index in [4.69, 9.17) is 0 Å². The SMILES string of the molecule is CC(C)C(C)(C)CN1CCNC(C(C)(C)C)C1. The molecular formula is C15H32N2. The van der Waals surface area contributed by atoms with Gasteiger partial charge >= 0.3 is 0 Å². The number of hydrogen-bond donors (Lipinski definition) is 1. The summed E-state index contributed by atoms with van der Waals surface area (Å²) < 4.78 is 0. The quantitative estimate of drug-likeness (QED) is 0.816. The average molecular weight is 240 g/mol. The molecule has 1 fully saturated rings. The van der Waals surface area contributed by atoms with Gasteiger partial charge in [-0.15, -0.1) is 0 Å². The molecule has 0 aromatic carbocycles. The highest BCUT2D eigenvalue weighted by Gasteiger charge is 2.32. The van der Waals surface area contributed by atoms with E-state index in [0.29, 0.717) is 16.9 Å². The highest BCUT2D eigenvalue weighted by molar-refractivity contribution is 4.89. The minimum absolute atomic E-state index is 0.362. The van der Waals surface area contributed by atoms with E-state index in [2.05, 4.69) is 58.7 Å². The lowest BCUT2D eigenvalue weighted by Gasteiger charge is -2.44. The van der Waals surface area contributed by atoms with Crippen molar-refractivity contribution in [3.05, 3.63) is 0 Å². The fraction of sp³-hybridized carbons (Fsp3) is 1.00. The standard InChI is InChI=1S/C15H32N2/c1-12(2)15(6,7)11-17-9-8-16-13(10-17)14(3,4)5/h12-13,16H,8-11H2,1-7H3. The van der Waals surface area contributed by atoms with E-state index in [9.17, 15) is 0 Å². The lowest BCUT2D eigenvalue weighted by Crippen LogP contribution is -2.57. The van der Waals surface area contributed by atoms with E-state index in [1.54, 1.807) is 0 Å². The molecule has 1 unspecified atom stereocenters. The van der Waals surface area contributed by atoms with Gasteiger partial charge in [0.05, 0.1) is 0 Å². The highest BCUT2D eigenvalue weighted by Crippen LogP contribution is 2.29. The molecule has 0 bridgehead atoms. The second-order valence-corrected chi connectivity index (χ2v) is 7.75. The molecule has 0 aromatic heterocycles. The minimum atomic E-state index is 0.362. The van der Waals surface area contributed by atoms with Crippen LogP contribution in [0.15, 0.2) is 0 Å². The molecule has 1 aliphatic rings. The Morgan fingerprint density at radius 3 is 2.24 bits per heavy atom. The smallest absolute Gasteiger partial charge is 0.0244 e. The zero-order chi connectivity index (χ0) is 13.3. The average Bonchev–Trinajstić information content (AvgIpc) is 2.15. The van der Waals surface area contributed by atoms with Crippen molar-refractivity contribution < 1.29 is 0 Å². The van der Waals surface area contributed by atoms with Crippen molar-refractivity contribution >= 4 is 0 Å². The van der Waals surface area contributed by atoms with Crippen LogP contribution in [-0.4, -0.2) is 37.1 Å². The first kappa shape index (κ1) is 15.0. The van der Waals surface area contributed by atoms with Crippen LogP contribution >= 0.6 is 0 Å². The second kappa shape index (κ2) is 5.27. The topological polar surface area (TPSA) is 15.3 Å². The maximum Gasteiger partial charge on any atom is 0.0244 e. The van der Waals surface area contributed by atoms with Gasteiger partial charge in [0.25, 0.3) is 0 Å². The molecule has 1 saturated heterocycles. The molecule has 2 nitrogen and oxygen atoms in total. The lowest BCUT2D eigenvalue weighted by atomic mass is 9.79. The molecule has 0 spiro atoms. The Morgan fingerprint density at radius 1 is 1.18 bits per heavy atom. The molecule has 0 amide bonds. The number of hydrogen-bond acceptors (Lipinski definition) is 2. The van der Waals surface area contributed by atoms with E-state index in [0.717, 1.165) is 12.5 Å². The molecule has 1 rings (SSSR count). The van der Waals surface area contributed by atoms with E-state index < -0.39 is 0 Å². The minimum Gasteiger partial charge on any atom is -0.311 e. The summed E-state index contributed by atoms with van der Waals surface area (Å²) in [6.07, 6.45) is 0. The first-order valence-electron chi connectivity index (χ1n) is 7.08. The van der Waals surface area contributed by atoms with Crippen molar-refractivity contribution in [3.63, 3.8) is 0 Å². The summed E-state index contributed by atoms with van der Waals surface area (Å²) in [5, 5.41) is 3.66. The maximum atomic E-state index is 3.66. The molecule has 1 N–H and O–H groups in total. The Kier molecular flexibility index (Phi) is 4.65. The van der Waals surface area contributed by atoms with Crippen LogP contribution in [0.2, 0.25) is 0 Å². The van der Waals surface area contributed by atoms with Crippen LogP contribution in [0, 0.1) is 16.7 Å². The van der Waals surface area contributed by atoms with Gasteiger partial charge in [0.15, 0.2) is 0 Å². The highest BCUT2D eigenvalue weighted by atomic mass is 15.2. The Morgan fingerprint density at radius 2 is 1.76 bits per heavy atom. The first-order chi connectivity index (χ1) is 7.63. The Balaban J connectivity index is 2.56. The van der Waals surface area contributed by atoms with Crippen molar-refractivity contribution in [3.8, 4) is 0 Å². The molecule has 1 aliphatic heterocycles. The van der Waals surface area contributed by atoms with Crippen LogP contribution in [0.25, 0.3) is 0 Å². The van der Waals surface area contributed by atoms with Crippen molar-refractivity contribution in [1.82, 2.24) is 10.2 Å². The van der Waals surface area contributed by atoms with E-state index in [-0.39, 0.29) is 0 Å². The summed E-state index contributed by atoms with van der Waals surface area (Å²) in [7, 11) is 0. The number of rotatable bonds is 3. The zero-order valence-corrected chi connectivity index (χ0v) is 12.9. The summed E-state index contributed by atoms with van der Waals surface area (Å²) >= 11 is 0. The summed E-state index contributed by atoms with van der Waals surface area (Å²) in [5.41, 5.74) is 0.778. The van der Waals surface area contributed by atoms with Crippen LogP contribution in [-0.2, 0) is 0 Å². The molecule has 0 aliphatic carbocycles. The number of nitrogens with one attached hydrogen (secondary N) is 1. The number of piperazine rings is 1. The van der Waals surface area contributed by atoms with Gasteiger partial charge in [0.1, 0.15) is 0 Å². The van der Waals surface area contributed by atoms with Crippen LogP contribution in [0.5, 0.6) is 0 Å². The van der Waals surface area contributed by atoms with Crippen molar-refractivity contribution in [2.24, 2.45) is 16.7 Å². The van der Waals surface area contributed by atoms with E-state index in [1.165, 1.54) is 19.6 Å². The van der Waals surface area contributed by atoms with Gasteiger partial charge in [0, 0.05) is 32.2 Å². The van der Waals surface area contributed by atoms with Gasteiger partial charge in [-0.25, -0.2) is 0 Å². The Bertz CT molecular complexity index is 238. The van der Waals surface area contributed by atoms with Crippen LogP contribution in [0.3, 0.4) is 0 Å². The molecule has 0 saturated carbocycles. The molecule has 1 heterocycles. The van der Waals surface area contributed by atoms with Gasteiger partial charge in [-0.2, -0.15) is 0 Å². The van der Waals surface area contributed by atoms with Gasteiger partial charge in [-0.1, -0.05) is 48.5 Å². The van der Waals surface area contributed by atoms with E-state index in [1.807, 2.05) is 0 Å². The third kappa shape index (κ3) is 4.26. The summed E-state index contributed by atoms with van der Waals surface area (Å²) in [4.78, 5) is 2.65. The van der Waals surface area contributed by atoms with Crippen molar-refractivity contribution in [1.29, 1.82) is 0 Å². The van der Waals surface area contributed by atoms with Crippen LogP contribution in [0.4, 0.5) is 0 Å². The molecular weight excluding hydrogens is 208 g/mol. The van der Waals surface area contributed by atoms with Gasteiger partial charge in [-0.3, -0.25) is 4.90 Å². The normalized spacial score (nSPS) is 24.4. The summed E-state index contributed by atoms with van der Waals surface area (Å²) in [5.74, 6) is 0.741. The third-order valence-electron chi connectivity index (χ3n) is 4.50. The van der Waals surface area contributed by atoms with Gasteiger partial charge in [-0.05, 0) is 16.7 Å². The first-order valence-corrected chi connectivity index (χ1v) is 7.08. The Hall–Kier alpha value is -0.0800. The third-order valence-corrected chi connectivity index (χ3v) is 4.50. The lowest BCUT2D eigenvalue weighted by molar-refractivity contribution is 0.0795. The summed E-state index contributed by atoms with van der Waals surface area (Å²) in [6, 6.07) is 0.624. The molecule has 0 aromatic rings. The largest absolute Gasteiger partial charge is 0.311 e. The Labute approximate surface area is 108 Å². The fourth-order valence-corrected chi connectivity index (χ4v) is 2.29. The van der Waals surface area contributed by atoms with Gasteiger partial charge < -0.3 is 5.32 Å².